The van der Waals surface area contributed by atoms with Crippen LogP contribution in [-0.2, 0) is 0 Å². The number of nitrogens with two attached hydrogens (primary N) is 1. The van der Waals surface area contributed by atoms with Gasteiger partial charge >= 0.3 is 0 Å². The topological polar surface area (TPSA) is 68.3 Å². The Kier molecular flexibility index (Phi) is 1.84. The lowest BCUT2D eigenvalue weighted by Crippen LogP contribution is -2.42. The van der Waals surface area contributed by atoms with Gasteiger partial charge in [-0.3, -0.25) is 4.79 Å². The second kappa shape index (κ2) is 2.88. The van der Waals surface area contributed by atoms with E-state index in [0.717, 1.165) is 12.8 Å². The number of furan rings is 1. The molecule has 0 spiro atoms. The van der Waals surface area contributed by atoms with Crippen molar-refractivity contribution in [1.82, 2.24) is 5.32 Å². The minimum absolute atomic E-state index is 0.149. The third-order valence-corrected chi connectivity index (χ3v) is 2.37. The Hall–Kier alpha value is -1.29. The molecule has 1 saturated carbocycles. The Labute approximate surface area is 76.1 Å². The molecule has 0 aromatic carbocycles. The van der Waals surface area contributed by atoms with Crippen molar-refractivity contribution < 1.29 is 9.21 Å². The average Bonchev–Trinajstić information content (AvgIpc) is 2.69. The number of carbonyl (C=O) groups excluding carboxylic acids is 1. The molecule has 1 heterocycles. The Balaban J connectivity index is 2.00. The summed E-state index contributed by atoms with van der Waals surface area (Å²) >= 11 is 0. The van der Waals surface area contributed by atoms with Gasteiger partial charge in [0.05, 0.1) is 11.8 Å². The van der Waals surface area contributed by atoms with E-state index in [4.69, 9.17) is 10.2 Å². The van der Waals surface area contributed by atoms with Crippen molar-refractivity contribution in [1.29, 1.82) is 0 Å². The van der Waals surface area contributed by atoms with Crippen LogP contribution < -0.4 is 11.1 Å². The van der Waals surface area contributed by atoms with Gasteiger partial charge in [0, 0.05) is 6.54 Å². The lowest BCUT2D eigenvalue weighted by molar-refractivity contribution is 0.0905. The van der Waals surface area contributed by atoms with Crippen molar-refractivity contribution >= 4 is 5.91 Å². The molecule has 2 rings (SSSR count). The van der Waals surface area contributed by atoms with Gasteiger partial charge in [-0.15, -0.1) is 0 Å². The zero-order valence-electron chi connectivity index (χ0n) is 7.25. The van der Waals surface area contributed by atoms with Crippen LogP contribution in [0.1, 0.15) is 23.4 Å². The Morgan fingerprint density at radius 2 is 2.46 bits per heavy atom. The maximum Gasteiger partial charge on any atom is 0.287 e. The van der Waals surface area contributed by atoms with Gasteiger partial charge in [0.25, 0.3) is 5.91 Å². The molecule has 1 aromatic heterocycles. The Morgan fingerprint density at radius 1 is 1.69 bits per heavy atom. The highest BCUT2D eigenvalue weighted by atomic mass is 16.3. The summed E-state index contributed by atoms with van der Waals surface area (Å²) in [5, 5.41) is 2.86. The highest BCUT2D eigenvalue weighted by Gasteiger charge is 2.43. The first kappa shape index (κ1) is 8.31. The van der Waals surface area contributed by atoms with Gasteiger partial charge in [0.2, 0.25) is 0 Å². The zero-order valence-corrected chi connectivity index (χ0v) is 7.25. The Morgan fingerprint density at radius 3 is 2.92 bits per heavy atom. The van der Waals surface area contributed by atoms with E-state index < -0.39 is 0 Å². The van der Waals surface area contributed by atoms with Gasteiger partial charge in [-0.05, 0) is 25.0 Å². The highest BCUT2D eigenvalue weighted by Crippen LogP contribution is 2.34. The monoisotopic (exact) mass is 180 g/mol. The number of hydrogen-bond donors (Lipinski definition) is 2. The smallest absolute Gasteiger partial charge is 0.287 e. The van der Waals surface area contributed by atoms with Gasteiger partial charge in [-0.1, -0.05) is 0 Å². The quantitative estimate of drug-likeness (QED) is 0.711. The van der Waals surface area contributed by atoms with Gasteiger partial charge in [0.1, 0.15) is 0 Å². The van der Waals surface area contributed by atoms with E-state index in [0.29, 0.717) is 12.3 Å². The molecule has 4 nitrogen and oxygen atoms in total. The number of nitrogens with one attached hydrogen (secondary N) is 1. The fraction of sp³-hybridized carbons (Fsp3) is 0.444. The molecule has 0 radical (unpaired) electrons. The molecule has 1 fully saturated rings. The van der Waals surface area contributed by atoms with Crippen molar-refractivity contribution in [3.05, 3.63) is 24.2 Å². The molecule has 0 saturated heterocycles. The molecule has 70 valence electrons. The number of rotatable bonds is 3. The van der Waals surface area contributed by atoms with Crippen LogP contribution in [0.2, 0.25) is 0 Å². The van der Waals surface area contributed by atoms with Gasteiger partial charge in [0.15, 0.2) is 5.76 Å². The van der Waals surface area contributed by atoms with Crippen LogP contribution in [0.15, 0.2) is 22.8 Å². The van der Waals surface area contributed by atoms with E-state index in [9.17, 15) is 4.79 Å². The summed E-state index contributed by atoms with van der Waals surface area (Å²) in [5.74, 6) is 0.174. The summed E-state index contributed by atoms with van der Waals surface area (Å²) < 4.78 is 4.96. The van der Waals surface area contributed by atoms with Crippen LogP contribution in [-0.4, -0.2) is 18.0 Å². The molecule has 13 heavy (non-hydrogen) atoms. The van der Waals surface area contributed by atoms with E-state index in [2.05, 4.69) is 5.32 Å². The lowest BCUT2D eigenvalue weighted by Gasteiger charge is -2.13. The van der Waals surface area contributed by atoms with Crippen molar-refractivity contribution in [2.75, 3.05) is 6.54 Å². The molecule has 3 N–H and O–H groups in total. The van der Waals surface area contributed by atoms with E-state index in [-0.39, 0.29) is 11.4 Å². The van der Waals surface area contributed by atoms with Crippen LogP contribution in [0.5, 0.6) is 0 Å². The SMILES string of the molecule is NCC1(NC(=O)c2ccco2)CC1. The minimum atomic E-state index is -0.173. The van der Waals surface area contributed by atoms with Crippen LogP contribution >= 0.6 is 0 Å². The summed E-state index contributed by atoms with van der Waals surface area (Å²) in [6.45, 7) is 0.499. The first-order chi connectivity index (χ1) is 6.26. The fourth-order valence-corrected chi connectivity index (χ4v) is 1.24. The van der Waals surface area contributed by atoms with E-state index in [1.807, 2.05) is 0 Å². The predicted molar refractivity (Wildman–Crippen MR) is 47.2 cm³/mol. The molecule has 0 bridgehead atoms. The second-order valence-corrected chi connectivity index (χ2v) is 3.42. The standard InChI is InChI=1S/C9H12N2O2/c10-6-9(3-4-9)11-8(12)7-2-1-5-13-7/h1-2,5H,3-4,6,10H2,(H,11,12). The van der Waals surface area contributed by atoms with Crippen LogP contribution in [0, 0.1) is 0 Å². The first-order valence-corrected chi connectivity index (χ1v) is 4.32. The summed E-state index contributed by atoms with van der Waals surface area (Å²) in [6, 6.07) is 3.33. The largest absolute Gasteiger partial charge is 0.459 e. The summed E-state index contributed by atoms with van der Waals surface area (Å²) in [7, 11) is 0. The van der Waals surface area contributed by atoms with Crippen molar-refractivity contribution in [2.24, 2.45) is 5.73 Å². The lowest BCUT2D eigenvalue weighted by atomic mass is 10.2. The average molecular weight is 180 g/mol. The van der Waals surface area contributed by atoms with Crippen LogP contribution in [0.4, 0.5) is 0 Å². The first-order valence-electron chi connectivity index (χ1n) is 4.32. The van der Waals surface area contributed by atoms with Gasteiger partial charge in [-0.2, -0.15) is 0 Å². The maximum atomic E-state index is 11.5. The normalized spacial score (nSPS) is 18.2. The number of hydrogen-bond acceptors (Lipinski definition) is 3. The van der Waals surface area contributed by atoms with Gasteiger partial charge < -0.3 is 15.5 Å². The fourth-order valence-electron chi connectivity index (χ4n) is 1.24. The molecule has 0 aliphatic heterocycles. The van der Waals surface area contributed by atoms with Crippen LogP contribution in [0.3, 0.4) is 0 Å². The zero-order chi connectivity index (χ0) is 9.31. The number of carbonyl (C=O) groups is 1. The summed E-state index contributed by atoms with van der Waals surface area (Å²) in [6.07, 6.45) is 3.42. The van der Waals surface area contributed by atoms with Gasteiger partial charge in [-0.25, -0.2) is 0 Å². The predicted octanol–water partition coefficient (Wildman–Crippen LogP) is 0.501. The summed E-state index contributed by atoms with van der Waals surface area (Å²) in [5.41, 5.74) is 5.38. The highest BCUT2D eigenvalue weighted by molar-refractivity contribution is 5.92. The third kappa shape index (κ3) is 1.58. The molecule has 0 atom stereocenters. The van der Waals surface area contributed by atoms with Crippen molar-refractivity contribution in [2.45, 2.75) is 18.4 Å². The molecule has 4 heteroatoms. The maximum absolute atomic E-state index is 11.5. The van der Waals surface area contributed by atoms with Crippen LogP contribution in [0.25, 0.3) is 0 Å². The molecular weight excluding hydrogens is 168 g/mol. The molecule has 1 amide bonds. The second-order valence-electron chi connectivity index (χ2n) is 3.42. The van der Waals surface area contributed by atoms with E-state index in [1.165, 1.54) is 6.26 Å². The molecule has 1 aliphatic carbocycles. The molecule has 1 aromatic rings. The van der Waals surface area contributed by atoms with Crippen molar-refractivity contribution in [3.8, 4) is 0 Å². The molecule has 1 aliphatic rings. The van der Waals surface area contributed by atoms with E-state index in [1.54, 1.807) is 12.1 Å². The third-order valence-electron chi connectivity index (χ3n) is 2.37. The molecular formula is C9H12N2O2. The minimum Gasteiger partial charge on any atom is -0.459 e. The van der Waals surface area contributed by atoms with E-state index >= 15 is 0 Å². The number of amides is 1. The Bertz CT molecular complexity index is 301. The van der Waals surface area contributed by atoms with Crippen molar-refractivity contribution in [3.63, 3.8) is 0 Å². The summed E-state index contributed by atoms with van der Waals surface area (Å²) in [4.78, 5) is 11.5. The molecule has 0 unspecified atom stereocenters.